The molecule has 0 spiro atoms. The van der Waals surface area contributed by atoms with E-state index >= 15 is 0 Å². The van der Waals surface area contributed by atoms with E-state index in [4.69, 9.17) is 5.11 Å². The van der Waals surface area contributed by atoms with Gasteiger partial charge in [0.25, 0.3) is 0 Å². The zero-order valence-electron chi connectivity index (χ0n) is 8.10. The highest BCUT2D eigenvalue weighted by atomic mass is 32.2. The van der Waals surface area contributed by atoms with Crippen molar-refractivity contribution in [1.29, 1.82) is 0 Å². The fourth-order valence-corrected chi connectivity index (χ4v) is 4.53. The van der Waals surface area contributed by atoms with Crippen LogP contribution in [0.25, 0.3) is 0 Å². The molecule has 0 atom stereocenters. The maximum Gasteiger partial charge on any atom is 0.336 e. The predicted octanol–water partition coefficient (Wildman–Crippen LogP) is 3.05. The summed E-state index contributed by atoms with van der Waals surface area (Å²) in [4.78, 5) is 11.1. The van der Waals surface area contributed by atoms with Crippen molar-refractivity contribution in [2.75, 3.05) is 11.5 Å². The lowest BCUT2D eigenvalue weighted by Crippen LogP contribution is -2.05. The summed E-state index contributed by atoms with van der Waals surface area (Å²) in [5.74, 6) is 1.31. The number of hydrogen-bond acceptors (Lipinski definition) is 3. The van der Waals surface area contributed by atoms with Crippen molar-refractivity contribution in [3.05, 3.63) is 41.8 Å². The Morgan fingerprint density at radius 3 is 2.67 bits per heavy atom. The third kappa shape index (κ3) is 2.16. The lowest BCUT2D eigenvalue weighted by atomic mass is 10.0. The summed E-state index contributed by atoms with van der Waals surface area (Å²) < 4.78 is 0.262. The zero-order valence-corrected chi connectivity index (χ0v) is 9.74. The minimum Gasteiger partial charge on any atom is -0.478 e. The molecular formula is C11H11O2S2. The third-order valence-corrected chi connectivity index (χ3v) is 5.34. The van der Waals surface area contributed by atoms with Crippen molar-refractivity contribution in [3.8, 4) is 0 Å². The van der Waals surface area contributed by atoms with Crippen LogP contribution in [0, 0.1) is 6.92 Å². The average molecular weight is 239 g/mol. The molecular weight excluding hydrogens is 228 g/mol. The molecule has 1 aromatic rings. The molecule has 2 nitrogen and oxygen atoms in total. The summed E-state index contributed by atoms with van der Waals surface area (Å²) in [5, 5.41) is 9.15. The lowest BCUT2D eigenvalue weighted by molar-refractivity contribution is 0.0695. The molecule has 15 heavy (non-hydrogen) atoms. The van der Waals surface area contributed by atoms with E-state index in [2.05, 4.69) is 6.92 Å². The first-order valence-electron chi connectivity index (χ1n) is 4.61. The number of carboxylic acid groups (broad SMARTS) is 1. The van der Waals surface area contributed by atoms with Crippen LogP contribution in [0.15, 0.2) is 18.2 Å². The van der Waals surface area contributed by atoms with E-state index in [-0.39, 0.29) is 4.58 Å². The average Bonchev–Trinajstić information content (AvgIpc) is 2.69. The summed E-state index contributed by atoms with van der Waals surface area (Å²) in [6, 6.07) is 5.52. The van der Waals surface area contributed by atoms with E-state index in [1.165, 1.54) is 0 Å². The van der Waals surface area contributed by atoms with E-state index in [1.807, 2.05) is 35.7 Å². The molecule has 1 aliphatic heterocycles. The second-order valence-electron chi connectivity index (χ2n) is 3.26. The number of aromatic carboxylic acids is 1. The van der Waals surface area contributed by atoms with Crippen LogP contribution in [0.2, 0.25) is 0 Å². The molecule has 1 aromatic carbocycles. The van der Waals surface area contributed by atoms with Crippen LogP contribution in [0.5, 0.6) is 0 Å². The first kappa shape index (κ1) is 10.9. The second-order valence-corrected chi connectivity index (χ2v) is 5.98. The molecule has 0 saturated carbocycles. The van der Waals surface area contributed by atoms with E-state index in [9.17, 15) is 4.79 Å². The van der Waals surface area contributed by atoms with Crippen LogP contribution in [-0.2, 0) is 0 Å². The van der Waals surface area contributed by atoms with E-state index in [0.29, 0.717) is 11.1 Å². The monoisotopic (exact) mass is 239 g/mol. The van der Waals surface area contributed by atoms with Gasteiger partial charge in [-0.3, -0.25) is 0 Å². The second kappa shape index (κ2) is 4.49. The van der Waals surface area contributed by atoms with Crippen LogP contribution in [-0.4, -0.2) is 22.6 Å². The van der Waals surface area contributed by atoms with Crippen LogP contribution >= 0.6 is 23.5 Å². The van der Waals surface area contributed by atoms with Gasteiger partial charge in [-0.25, -0.2) is 4.79 Å². The molecule has 1 aliphatic rings. The van der Waals surface area contributed by atoms with Gasteiger partial charge in [0.2, 0.25) is 0 Å². The number of rotatable bonds is 2. The molecule has 1 fully saturated rings. The largest absolute Gasteiger partial charge is 0.478 e. The Hall–Kier alpha value is -0.610. The fourth-order valence-electron chi connectivity index (χ4n) is 1.62. The SMILES string of the molecule is [CH2]c1cccc(C2SCCS2)c1C(=O)O. The first-order chi connectivity index (χ1) is 7.20. The summed E-state index contributed by atoms with van der Waals surface area (Å²) >= 11 is 3.62. The van der Waals surface area contributed by atoms with Gasteiger partial charge in [-0.15, -0.1) is 23.5 Å². The van der Waals surface area contributed by atoms with E-state index in [1.54, 1.807) is 6.07 Å². The number of benzene rings is 1. The van der Waals surface area contributed by atoms with Crippen molar-refractivity contribution >= 4 is 29.5 Å². The molecule has 0 unspecified atom stereocenters. The lowest BCUT2D eigenvalue weighted by Gasteiger charge is -2.13. The highest BCUT2D eigenvalue weighted by Crippen LogP contribution is 2.46. The Labute approximate surface area is 97.5 Å². The minimum absolute atomic E-state index is 0.262. The first-order valence-corrected chi connectivity index (χ1v) is 6.71. The maximum absolute atomic E-state index is 11.1. The van der Waals surface area contributed by atoms with Crippen molar-refractivity contribution in [2.24, 2.45) is 0 Å². The minimum atomic E-state index is -0.872. The Morgan fingerprint density at radius 2 is 2.07 bits per heavy atom. The summed E-state index contributed by atoms with van der Waals surface area (Å²) in [6.07, 6.45) is 0. The van der Waals surface area contributed by atoms with Crippen LogP contribution in [0.1, 0.15) is 26.1 Å². The normalized spacial score (nSPS) is 16.9. The van der Waals surface area contributed by atoms with Crippen LogP contribution < -0.4 is 0 Å². The quantitative estimate of drug-likeness (QED) is 0.860. The Morgan fingerprint density at radius 1 is 1.40 bits per heavy atom. The maximum atomic E-state index is 11.1. The predicted molar refractivity (Wildman–Crippen MR) is 65.5 cm³/mol. The summed E-state index contributed by atoms with van der Waals surface area (Å²) in [6.45, 7) is 3.77. The molecule has 79 valence electrons. The van der Waals surface area contributed by atoms with Crippen molar-refractivity contribution < 1.29 is 9.90 Å². The molecule has 0 amide bonds. The third-order valence-electron chi connectivity index (χ3n) is 2.27. The van der Waals surface area contributed by atoms with Crippen LogP contribution in [0.4, 0.5) is 0 Å². The highest BCUT2D eigenvalue weighted by Gasteiger charge is 2.24. The van der Waals surface area contributed by atoms with Gasteiger partial charge in [0.1, 0.15) is 0 Å². The van der Waals surface area contributed by atoms with Crippen LogP contribution in [0.3, 0.4) is 0 Å². The van der Waals surface area contributed by atoms with Gasteiger partial charge in [0.05, 0.1) is 10.1 Å². The van der Waals surface area contributed by atoms with Gasteiger partial charge in [-0.05, 0) is 18.1 Å². The van der Waals surface area contributed by atoms with Crippen molar-refractivity contribution in [3.63, 3.8) is 0 Å². The highest BCUT2D eigenvalue weighted by molar-refractivity contribution is 8.19. The Kier molecular flexibility index (Phi) is 3.26. The molecule has 1 heterocycles. The summed E-state index contributed by atoms with van der Waals surface area (Å²) in [7, 11) is 0. The molecule has 4 heteroatoms. The number of carboxylic acids is 1. The molecule has 1 radical (unpaired) electrons. The van der Waals surface area contributed by atoms with Crippen molar-refractivity contribution in [1.82, 2.24) is 0 Å². The van der Waals surface area contributed by atoms with Gasteiger partial charge in [-0.1, -0.05) is 18.2 Å². The van der Waals surface area contributed by atoms with E-state index in [0.717, 1.165) is 17.1 Å². The molecule has 0 aliphatic carbocycles. The van der Waals surface area contributed by atoms with E-state index < -0.39 is 5.97 Å². The van der Waals surface area contributed by atoms with Gasteiger partial charge < -0.3 is 5.11 Å². The molecule has 0 bridgehead atoms. The molecule has 0 aromatic heterocycles. The zero-order chi connectivity index (χ0) is 10.8. The Bertz CT molecular complexity index is 384. The standard InChI is InChI=1S/C11H11O2S2/c1-7-3-2-4-8(9(7)10(12)13)11-14-5-6-15-11/h2-4,11H,1,5-6H2,(H,12,13). The molecule has 2 rings (SSSR count). The smallest absolute Gasteiger partial charge is 0.336 e. The number of hydrogen-bond donors (Lipinski definition) is 1. The van der Waals surface area contributed by atoms with Gasteiger partial charge in [-0.2, -0.15) is 0 Å². The number of thioether (sulfide) groups is 2. The van der Waals surface area contributed by atoms with Crippen molar-refractivity contribution in [2.45, 2.75) is 4.58 Å². The van der Waals surface area contributed by atoms with Gasteiger partial charge in [0, 0.05) is 11.5 Å². The summed E-state index contributed by atoms with van der Waals surface area (Å²) in [5.41, 5.74) is 1.89. The fraction of sp³-hybridized carbons (Fsp3) is 0.273. The molecule has 1 N–H and O–H groups in total. The Balaban J connectivity index is 2.45. The van der Waals surface area contributed by atoms with Gasteiger partial charge >= 0.3 is 5.97 Å². The molecule has 1 saturated heterocycles. The van der Waals surface area contributed by atoms with Gasteiger partial charge in [0.15, 0.2) is 0 Å². The number of carbonyl (C=O) groups is 1. The topological polar surface area (TPSA) is 37.3 Å².